The Kier molecular flexibility index (Phi) is 4.51. The van der Waals surface area contributed by atoms with E-state index in [2.05, 4.69) is 15.2 Å². The molecule has 100 valence electrons. The molecular formula is C12H15N5OS. The summed E-state index contributed by atoms with van der Waals surface area (Å²) < 4.78 is 2.00. The molecule has 0 atom stereocenters. The Morgan fingerprint density at radius 2 is 2.32 bits per heavy atom. The molecule has 0 fully saturated rings. The molecule has 2 aromatic heterocycles. The van der Waals surface area contributed by atoms with Crippen LogP contribution in [0.1, 0.15) is 13.3 Å². The summed E-state index contributed by atoms with van der Waals surface area (Å²) in [5.74, 6) is 1.10. The maximum Gasteiger partial charge on any atom is 0.218 e. The predicted octanol–water partition coefficient (Wildman–Crippen LogP) is 1.33. The second kappa shape index (κ2) is 6.33. The number of hydrogen-bond donors (Lipinski definition) is 1. The van der Waals surface area contributed by atoms with Gasteiger partial charge in [0.2, 0.25) is 5.91 Å². The van der Waals surface area contributed by atoms with Gasteiger partial charge >= 0.3 is 0 Å². The van der Waals surface area contributed by atoms with Gasteiger partial charge in [-0.3, -0.25) is 9.78 Å². The van der Waals surface area contributed by atoms with Crippen LogP contribution in [-0.2, 0) is 11.3 Å². The first kappa shape index (κ1) is 13.5. The Morgan fingerprint density at radius 1 is 1.47 bits per heavy atom. The normalized spacial score (nSPS) is 10.6. The molecule has 0 bridgehead atoms. The molecule has 2 heterocycles. The molecule has 0 aliphatic rings. The van der Waals surface area contributed by atoms with Crippen LogP contribution >= 0.6 is 11.8 Å². The summed E-state index contributed by atoms with van der Waals surface area (Å²) in [6.45, 7) is 2.79. The number of primary amides is 1. The molecule has 0 saturated carbocycles. The van der Waals surface area contributed by atoms with Crippen LogP contribution in [0.5, 0.6) is 0 Å². The molecule has 1 amide bonds. The Bertz CT molecular complexity index is 555. The lowest BCUT2D eigenvalue weighted by molar-refractivity contribution is -0.117. The van der Waals surface area contributed by atoms with E-state index in [1.54, 1.807) is 12.4 Å². The van der Waals surface area contributed by atoms with Gasteiger partial charge in [0, 0.05) is 36.7 Å². The molecule has 2 N–H and O–H groups in total. The van der Waals surface area contributed by atoms with E-state index in [4.69, 9.17) is 5.73 Å². The van der Waals surface area contributed by atoms with Crippen molar-refractivity contribution in [3.63, 3.8) is 0 Å². The van der Waals surface area contributed by atoms with Crippen LogP contribution in [0.15, 0.2) is 29.7 Å². The van der Waals surface area contributed by atoms with Crippen molar-refractivity contribution >= 4 is 17.7 Å². The van der Waals surface area contributed by atoms with Crippen LogP contribution in [0.25, 0.3) is 11.4 Å². The number of rotatable bonds is 6. The molecule has 0 spiro atoms. The van der Waals surface area contributed by atoms with E-state index in [-0.39, 0.29) is 5.91 Å². The largest absolute Gasteiger partial charge is 0.370 e. The lowest BCUT2D eigenvalue weighted by Gasteiger charge is -2.06. The molecule has 0 aromatic carbocycles. The highest BCUT2D eigenvalue weighted by Gasteiger charge is 2.13. The fraction of sp³-hybridized carbons (Fsp3) is 0.333. The Morgan fingerprint density at radius 3 is 2.95 bits per heavy atom. The van der Waals surface area contributed by atoms with Gasteiger partial charge in [-0.05, 0) is 19.1 Å². The second-order valence-corrected chi connectivity index (χ2v) is 4.92. The quantitative estimate of drug-likeness (QED) is 0.805. The summed E-state index contributed by atoms with van der Waals surface area (Å²) in [6, 6.07) is 3.81. The number of carbonyl (C=O) groups is 1. The van der Waals surface area contributed by atoms with Crippen LogP contribution in [0.3, 0.4) is 0 Å². The summed E-state index contributed by atoms with van der Waals surface area (Å²) in [5.41, 5.74) is 6.05. The average molecular weight is 277 g/mol. The van der Waals surface area contributed by atoms with Crippen molar-refractivity contribution in [3.8, 4) is 11.4 Å². The Hall–Kier alpha value is -1.89. The number of hydrogen-bond acceptors (Lipinski definition) is 5. The van der Waals surface area contributed by atoms with E-state index in [1.165, 1.54) is 11.8 Å². The van der Waals surface area contributed by atoms with Crippen molar-refractivity contribution < 1.29 is 4.79 Å². The highest BCUT2D eigenvalue weighted by molar-refractivity contribution is 7.99. The zero-order valence-electron chi connectivity index (χ0n) is 10.6. The topological polar surface area (TPSA) is 86.7 Å². The molecular weight excluding hydrogens is 262 g/mol. The number of nitrogens with two attached hydrogens (primary N) is 1. The average Bonchev–Trinajstić information content (AvgIpc) is 2.82. The lowest BCUT2D eigenvalue weighted by atomic mass is 10.3. The van der Waals surface area contributed by atoms with E-state index in [1.807, 2.05) is 23.6 Å². The van der Waals surface area contributed by atoms with Gasteiger partial charge in [-0.1, -0.05) is 11.8 Å². The van der Waals surface area contributed by atoms with Gasteiger partial charge in [0.1, 0.15) is 0 Å². The molecule has 0 saturated heterocycles. The smallest absolute Gasteiger partial charge is 0.218 e. The predicted molar refractivity (Wildman–Crippen MR) is 73.5 cm³/mol. The fourth-order valence-corrected chi connectivity index (χ4v) is 2.59. The second-order valence-electron chi connectivity index (χ2n) is 3.86. The van der Waals surface area contributed by atoms with Crippen LogP contribution < -0.4 is 5.73 Å². The number of pyridine rings is 1. The molecule has 0 unspecified atom stereocenters. The number of amides is 1. The minimum Gasteiger partial charge on any atom is -0.370 e. The van der Waals surface area contributed by atoms with Crippen LogP contribution in [-0.4, -0.2) is 31.4 Å². The molecule has 0 radical (unpaired) electrons. The summed E-state index contributed by atoms with van der Waals surface area (Å²) >= 11 is 1.48. The van der Waals surface area contributed by atoms with Crippen molar-refractivity contribution in [3.05, 3.63) is 24.5 Å². The summed E-state index contributed by atoms with van der Waals surface area (Å²) in [5, 5.41) is 9.14. The first-order valence-corrected chi connectivity index (χ1v) is 6.95. The van der Waals surface area contributed by atoms with Crippen molar-refractivity contribution in [2.24, 2.45) is 5.73 Å². The molecule has 19 heavy (non-hydrogen) atoms. The van der Waals surface area contributed by atoms with E-state index >= 15 is 0 Å². The lowest BCUT2D eigenvalue weighted by Crippen LogP contribution is -2.11. The molecule has 0 aliphatic heterocycles. The third-order valence-corrected chi connectivity index (χ3v) is 3.50. The zero-order valence-corrected chi connectivity index (χ0v) is 11.4. The maximum atomic E-state index is 10.7. The number of aromatic nitrogens is 4. The van der Waals surface area contributed by atoms with Gasteiger partial charge in [-0.15, -0.1) is 10.2 Å². The molecule has 2 aromatic rings. The minimum atomic E-state index is -0.303. The van der Waals surface area contributed by atoms with Crippen molar-refractivity contribution in [2.75, 3.05) is 5.75 Å². The number of nitrogens with zero attached hydrogens (tertiary/aromatic N) is 4. The molecule has 0 aliphatic carbocycles. The van der Waals surface area contributed by atoms with E-state index in [0.29, 0.717) is 12.2 Å². The first-order valence-electron chi connectivity index (χ1n) is 5.97. The Labute approximate surface area is 115 Å². The highest BCUT2D eigenvalue weighted by Crippen LogP contribution is 2.23. The highest BCUT2D eigenvalue weighted by atomic mass is 32.2. The van der Waals surface area contributed by atoms with Gasteiger partial charge in [0.05, 0.1) is 0 Å². The van der Waals surface area contributed by atoms with Gasteiger partial charge in [-0.25, -0.2) is 0 Å². The van der Waals surface area contributed by atoms with E-state index in [9.17, 15) is 4.79 Å². The monoisotopic (exact) mass is 277 g/mol. The van der Waals surface area contributed by atoms with Crippen molar-refractivity contribution in [1.29, 1.82) is 0 Å². The van der Waals surface area contributed by atoms with Gasteiger partial charge < -0.3 is 10.3 Å². The molecule has 7 heteroatoms. The standard InChI is InChI=1S/C12H15N5OS/c1-2-17-11(9-4-3-6-14-8-9)15-16-12(17)19-7-5-10(13)18/h3-4,6,8H,2,5,7H2,1H3,(H2,13,18). The van der Waals surface area contributed by atoms with Crippen LogP contribution in [0.2, 0.25) is 0 Å². The van der Waals surface area contributed by atoms with E-state index < -0.39 is 0 Å². The van der Waals surface area contributed by atoms with Crippen molar-refractivity contribution in [2.45, 2.75) is 25.0 Å². The number of carbonyl (C=O) groups excluding carboxylic acids is 1. The first-order chi connectivity index (χ1) is 9.22. The summed E-state index contributed by atoms with van der Waals surface area (Å²) in [7, 11) is 0. The SMILES string of the molecule is CCn1c(SCCC(N)=O)nnc1-c1cccnc1. The van der Waals surface area contributed by atoms with Gasteiger partial charge in [0.25, 0.3) is 0 Å². The van der Waals surface area contributed by atoms with Crippen LogP contribution in [0.4, 0.5) is 0 Å². The summed E-state index contributed by atoms with van der Waals surface area (Å²) in [4.78, 5) is 14.8. The summed E-state index contributed by atoms with van der Waals surface area (Å²) in [6.07, 6.45) is 3.82. The third kappa shape index (κ3) is 3.31. The minimum absolute atomic E-state index is 0.303. The molecule has 6 nitrogen and oxygen atoms in total. The van der Waals surface area contributed by atoms with Crippen LogP contribution in [0, 0.1) is 0 Å². The maximum absolute atomic E-state index is 10.7. The van der Waals surface area contributed by atoms with Crippen molar-refractivity contribution in [1.82, 2.24) is 19.7 Å². The van der Waals surface area contributed by atoms with Gasteiger partial charge in [0.15, 0.2) is 11.0 Å². The Balaban J connectivity index is 2.18. The molecule has 2 rings (SSSR count). The van der Waals surface area contributed by atoms with E-state index in [0.717, 1.165) is 23.1 Å². The van der Waals surface area contributed by atoms with Gasteiger partial charge in [-0.2, -0.15) is 0 Å². The third-order valence-electron chi connectivity index (χ3n) is 2.53. The fourth-order valence-electron chi connectivity index (χ4n) is 1.63. The number of thioether (sulfide) groups is 1. The zero-order chi connectivity index (χ0) is 13.7.